The summed E-state index contributed by atoms with van der Waals surface area (Å²) in [5, 5.41) is 3.34. The third-order valence-electron chi connectivity index (χ3n) is 4.81. The number of para-hydroxylation sites is 2. The van der Waals surface area contributed by atoms with Gasteiger partial charge >= 0.3 is 0 Å². The summed E-state index contributed by atoms with van der Waals surface area (Å²) in [6.07, 6.45) is 0. The van der Waals surface area contributed by atoms with E-state index in [2.05, 4.69) is 21.9 Å². The monoisotopic (exact) mass is 352 g/mol. The largest absolute Gasteiger partial charge is 0.305 e. The fraction of sp³-hybridized carbons (Fsp3) is 0.0455. The molecule has 0 aliphatic rings. The number of nitrogens with zero attached hydrogens (tertiary/aromatic N) is 4. The Bertz CT molecular complexity index is 1250. The zero-order valence-electron chi connectivity index (χ0n) is 14.5. The molecule has 0 N–H and O–H groups in total. The predicted molar refractivity (Wildman–Crippen MR) is 107 cm³/mol. The molecule has 0 bridgehead atoms. The number of fused-ring (bicyclic) bond motifs is 3. The number of nitroso groups, excluding NO2 is 1. The summed E-state index contributed by atoms with van der Waals surface area (Å²) in [6, 6.07) is 27.9. The van der Waals surface area contributed by atoms with Crippen LogP contribution < -0.4 is 0 Å². The van der Waals surface area contributed by atoms with Gasteiger partial charge in [0.2, 0.25) is 11.6 Å². The highest BCUT2D eigenvalue weighted by atomic mass is 16.3. The lowest BCUT2D eigenvalue weighted by Gasteiger charge is -2.05. The number of hydrogen-bond donors (Lipinski definition) is 0. The van der Waals surface area contributed by atoms with Gasteiger partial charge in [0.1, 0.15) is 5.69 Å². The molecule has 0 aliphatic carbocycles. The molecule has 0 fully saturated rings. The maximum atomic E-state index is 11.8. The molecule has 0 radical (unpaired) electrons. The van der Waals surface area contributed by atoms with E-state index in [1.165, 1.54) is 5.56 Å². The average Bonchev–Trinajstić information content (AvgIpc) is 3.25. The molecule has 0 spiro atoms. The molecular weight excluding hydrogens is 336 g/mol. The molecule has 5 nitrogen and oxygen atoms in total. The number of hydrogen-bond acceptors (Lipinski definition) is 3. The minimum absolute atomic E-state index is 0.333. The van der Waals surface area contributed by atoms with Crippen LogP contribution in [-0.2, 0) is 6.54 Å². The molecule has 130 valence electrons. The van der Waals surface area contributed by atoms with Gasteiger partial charge in [-0.05, 0) is 22.9 Å². The van der Waals surface area contributed by atoms with Gasteiger partial charge < -0.3 is 4.57 Å². The Hall–Kier alpha value is -3.73. The first-order valence-electron chi connectivity index (χ1n) is 8.79. The Morgan fingerprint density at radius 2 is 1.41 bits per heavy atom. The van der Waals surface area contributed by atoms with E-state index in [0.717, 1.165) is 16.6 Å². The third-order valence-corrected chi connectivity index (χ3v) is 4.81. The summed E-state index contributed by atoms with van der Waals surface area (Å²) < 4.78 is 3.99. The topological polar surface area (TPSA) is 51.7 Å². The van der Waals surface area contributed by atoms with Crippen LogP contribution >= 0.6 is 0 Å². The fourth-order valence-corrected chi connectivity index (χ4v) is 3.59. The standard InChI is InChI=1S/C22H16N4O/c27-24-21-20(17-11-5-2-6-12-17)23-22-25(15-16-9-3-1-4-10-16)18-13-7-8-14-19(18)26(21)22/h1-14H,15H2. The number of rotatable bonds is 4. The van der Waals surface area contributed by atoms with Crippen LogP contribution in [0.2, 0.25) is 0 Å². The molecule has 5 rings (SSSR count). The van der Waals surface area contributed by atoms with Crippen molar-refractivity contribution in [3.63, 3.8) is 0 Å². The van der Waals surface area contributed by atoms with Crippen LogP contribution in [0.1, 0.15) is 5.56 Å². The van der Waals surface area contributed by atoms with Crippen molar-refractivity contribution in [2.45, 2.75) is 6.54 Å². The Kier molecular flexibility index (Phi) is 3.57. The van der Waals surface area contributed by atoms with Gasteiger partial charge in [-0.25, -0.2) is 4.98 Å². The maximum absolute atomic E-state index is 11.8. The zero-order chi connectivity index (χ0) is 18.2. The van der Waals surface area contributed by atoms with Gasteiger partial charge in [0.15, 0.2) is 0 Å². The second kappa shape index (κ2) is 6.21. The number of imidazole rings is 2. The Morgan fingerprint density at radius 3 is 2.11 bits per heavy atom. The van der Waals surface area contributed by atoms with Crippen molar-refractivity contribution in [2.75, 3.05) is 0 Å². The lowest BCUT2D eigenvalue weighted by molar-refractivity contribution is 0.846. The quantitative estimate of drug-likeness (QED) is 0.407. The zero-order valence-corrected chi connectivity index (χ0v) is 14.5. The van der Waals surface area contributed by atoms with E-state index in [0.29, 0.717) is 23.8 Å². The Balaban J connectivity index is 1.83. The van der Waals surface area contributed by atoms with Gasteiger partial charge in [-0.3, -0.25) is 4.40 Å². The smallest absolute Gasteiger partial charge is 0.217 e. The van der Waals surface area contributed by atoms with Crippen LogP contribution in [0.4, 0.5) is 5.82 Å². The van der Waals surface area contributed by atoms with Gasteiger partial charge in [0.05, 0.1) is 17.6 Å². The minimum atomic E-state index is 0.333. The lowest BCUT2D eigenvalue weighted by atomic mass is 10.1. The van der Waals surface area contributed by atoms with Crippen molar-refractivity contribution < 1.29 is 0 Å². The van der Waals surface area contributed by atoms with E-state index in [-0.39, 0.29) is 0 Å². The summed E-state index contributed by atoms with van der Waals surface area (Å²) in [4.78, 5) is 16.6. The molecular formula is C22H16N4O. The summed E-state index contributed by atoms with van der Waals surface area (Å²) >= 11 is 0. The summed E-state index contributed by atoms with van der Waals surface area (Å²) in [6.45, 7) is 0.668. The fourth-order valence-electron chi connectivity index (χ4n) is 3.59. The molecule has 3 aromatic carbocycles. The van der Waals surface area contributed by atoms with Crippen molar-refractivity contribution in [1.82, 2.24) is 14.0 Å². The van der Waals surface area contributed by atoms with E-state index in [1.54, 1.807) is 0 Å². The molecule has 0 aliphatic heterocycles. The highest BCUT2D eigenvalue weighted by molar-refractivity contribution is 5.86. The Morgan fingerprint density at radius 1 is 0.778 bits per heavy atom. The first kappa shape index (κ1) is 15.5. The number of benzene rings is 3. The van der Waals surface area contributed by atoms with E-state index in [4.69, 9.17) is 4.98 Å². The van der Waals surface area contributed by atoms with E-state index in [1.807, 2.05) is 77.2 Å². The maximum Gasteiger partial charge on any atom is 0.217 e. The van der Waals surface area contributed by atoms with Crippen molar-refractivity contribution in [2.24, 2.45) is 5.18 Å². The van der Waals surface area contributed by atoms with E-state index >= 15 is 0 Å². The first-order valence-corrected chi connectivity index (χ1v) is 8.79. The summed E-state index contributed by atoms with van der Waals surface area (Å²) in [5.74, 6) is 1.05. The Labute approximate surface area is 155 Å². The van der Waals surface area contributed by atoms with Gasteiger partial charge in [-0.15, -0.1) is 4.91 Å². The van der Waals surface area contributed by atoms with E-state index < -0.39 is 0 Å². The molecule has 5 heteroatoms. The SMILES string of the molecule is O=Nc1c(-c2ccccc2)nc2n(Cc3ccccc3)c3ccccc3n12. The van der Waals surface area contributed by atoms with Crippen molar-refractivity contribution >= 4 is 22.6 Å². The highest BCUT2D eigenvalue weighted by Gasteiger charge is 2.21. The summed E-state index contributed by atoms with van der Waals surface area (Å²) in [7, 11) is 0. The molecule has 5 aromatic rings. The third kappa shape index (κ3) is 2.44. The highest BCUT2D eigenvalue weighted by Crippen LogP contribution is 2.35. The second-order valence-corrected chi connectivity index (χ2v) is 6.44. The average molecular weight is 352 g/mol. The molecule has 0 unspecified atom stereocenters. The van der Waals surface area contributed by atoms with Crippen molar-refractivity contribution in [1.29, 1.82) is 0 Å². The first-order chi connectivity index (χ1) is 13.4. The van der Waals surface area contributed by atoms with Crippen LogP contribution in [-0.4, -0.2) is 14.0 Å². The molecule has 0 saturated carbocycles. The van der Waals surface area contributed by atoms with Gasteiger partial charge in [-0.2, -0.15) is 0 Å². The van der Waals surface area contributed by atoms with Crippen LogP contribution in [0.5, 0.6) is 0 Å². The molecule has 2 aromatic heterocycles. The molecule has 0 atom stereocenters. The molecule has 27 heavy (non-hydrogen) atoms. The van der Waals surface area contributed by atoms with Crippen LogP contribution in [0.3, 0.4) is 0 Å². The van der Waals surface area contributed by atoms with Gasteiger partial charge in [0.25, 0.3) is 0 Å². The second-order valence-electron chi connectivity index (χ2n) is 6.44. The van der Waals surface area contributed by atoms with Gasteiger partial charge in [0, 0.05) is 5.56 Å². The normalized spacial score (nSPS) is 11.3. The van der Waals surface area contributed by atoms with Crippen LogP contribution in [0.15, 0.2) is 90.1 Å². The lowest BCUT2D eigenvalue weighted by Crippen LogP contribution is -2.00. The van der Waals surface area contributed by atoms with Crippen molar-refractivity contribution in [3.8, 4) is 11.3 Å². The van der Waals surface area contributed by atoms with Crippen LogP contribution in [0, 0.1) is 4.91 Å². The van der Waals surface area contributed by atoms with Crippen molar-refractivity contribution in [3.05, 3.63) is 95.4 Å². The van der Waals surface area contributed by atoms with Gasteiger partial charge in [-0.1, -0.05) is 72.8 Å². The minimum Gasteiger partial charge on any atom is -0.305 e. The summed E-state index contributed by atoms with van der Waals surface area (Å²) in [5.41, 5.74) is 4.60. The molecule has 2 heterocycles. The molecule has 0 saturated heterocycles. The van der Waals surface area contributed by atoms with Crippen LogP contribution in [0.25, 0.3) is 28.1 Å². The predicted octanol–water partition coefficient (Wildman–Crippen LogP) is 5.40. The van der Waals surface area contributed by atoms with E-state index in [9.17, 15) is 4.91 Å². The number of aromatic nitrogens is 3. The molecule has 0 amide bonds.